The van der Waals surface area contributed by atoms with Gasteiger partial charge in [0, 0.05) is 62.1 Å². The van der Waals surface area contributed by atoms with Gasteiger partial charge in [0.05, 0.1) is 10.7 Å². The number of nitrogens with one attached hydrogen (secondary N) is 3. The first-order valence-corrected chi connectivity index (χ1v) is 12.0. The molecule has 0 unspecified atom stereocenters. The highest BCUT2D eigenvalue weighted by Crippen LogP contribution is 2.31. The Morgan fingerprint density at radius 2 is 1.74 bits per heavy atom. The van der Waals surface area contributed by atoms with Crippen molar-refractivity contribution in [3.05, 3.63) is 87.2 Å². The van der Waals surface area contributed by atoms with Crippen LogP contribution in [0, 0.1) is 5.82 Å². The number of hydrazine groups is 1. The monoisotopic (exact) mass is 502 g/mol. The van der Waals surface area contributed by atoms with Crippen LogP contribution in [-0.4, -0.2) is 55.0 Å². The number of halogens is 3. The van der Waals surface area contributed by atoms with E-state index in [9.17, 15) is 9.18 Å². The van der Waals surface area contributed by atoms with Crippen molar-refractivity contribution in [3.8, 4) is 0 Å². The number of anilines is 1. The molecule has 3 N–H and O–H groups in total. The zero-order valence-corrected chi connectivity index (χ0v) is 20.0. The summed E-state index contributed by atoms with van der Waals surface area (Å²) in [5.74, 6) is 0.175. The number of piperazine rings is 1. The van der Waals surface area contributed by atoms with Crippen molar-refractivity contribution in [2.45, 2.75) is 6.54 Å². The molecule has 7 nitrogen and oxygen atoms in total. The molecule has 0 spiro atoms. The number of para-hydroxylation sites is 1. The SMILES string of the molecule is O=C(C1=CC2=C(NCCN2Cc2c(Cl)ccc(F)c2Cl)NN1)N1CCN(c2ccccc2)CC1. The summed E-state index contributed by atoms with van der Waals surface area (Å²) in [6, 6.07) is 13.0. The van der Waals surface area contributed by atoms with Gasteiger partial charge in [-0.25, -0.2) is 4.39 Å². The molecule has 178 valence electrons. The lowest BCUT2D eigenvalue weighted by molar-refractivity contribution is -0.128. The molecule has 0 bridgehead atoms. The van der Waals surface area contributed by atoms with E-state index in [-0.39, 0.29) is 10.9 Å². The molecule has 3 aliphatic heterocycles. The number of hydrogen-bond donors (Lipinski definition) is 3. The first-order valence-electron chi connectivity index (χ1n) is 11.2. The van der Waals surface area contributed by atoms with Crippen LogP contribution in [0.4, 0.5) is 10.1 Å². The highest BCUT2D eigenvalue weighted by molar-refractivity contribution is 6.36. The molecule has 0 saturated carbocycles. The van der Waals surface area contributed by atoms with Gasteiger partial charge in [-0.3, -0.25) is 15.6 Å². The highest BCUT2D eigenvalue weighted by Gasteiger charge is 2.29. The Balaban J connectivity index is 1.31. The molecular weight excluding hydrogens is 478 g/mol. The zero-order valence-electron chi connectivity index (χ0n) is 18.5. The second-order valence-electron chi connectivity index (χ2n) is 8.35. The first-order chi connectivity index (χ1) is 16.5. The normalized spacial score (nSPS) is 18.0. The Morgan fingerprint density at radius 1 is 0.971 bits per heavy atom. The topological polar surface area (TPSA) is 62.9 Å². The molecule has 34 heavy (non-hydrogen) atoms. The van der Waals surface area contributed by atoms with Gasteiger partial charge in [0.15, 0.2) is 0 Å². The van der Waals surface area contributed by atoms with Gasteiger partial charge in [-0.1, -0.05) is 41.4 Å². The van der Waals surface area contributed by atoms with Crippen LogP contribution in [0.1, 0.15) is 5.56 Å². The number of amides is 1. The van der Waals surface area contributed by atoms with Gasteiger partial charge in [0.25, 0.3) is 5.91 Å². The molecule has 3 heterocycles. The lowest BCUT2D eigenvalue weighted by Gasteiger charge is -2.39. The van der Waals surface area contributed by atoms with Crippen LogP contribution in [0.25, 0.3) is 0 Å². The predicted molar refractivity (Wildman–Crippen MR) is 131 cm³/mol. The third kappa shape index (κ3) is 4.48. The average molecular weight is 503 g/mol. The Kier molecular flexibility index (Phi) is 6.43. The summed E-state index contributed by atoms with van der Waals surface area (Å²) in [7, 11) is 0. The van der Waals surface area contributed by atoms with E-state index >= 15 is 0 Å². The summed E-state index contributed by atoms with van der Waals surface area (Å²) in [5, 5.41) is 3.72. The molecule has 1 fully saturated rings. The average Bonchev–Trinajstić information content (AvgIpc) is 2.89. The van der Waals surface area contributed by atoms with Crippen LogP contribution in [0.15, 0.2) is 65.8 Å². The summed E-state index contributed by atoms with van der Waals surface area (Å²) < 4.78 is 14.0. The third-order valence-electron chi connectivity index (χ3n) is 6.29. The summed E-state index contributed by atoms with van der Waals surface area (Å²) in [4.78, 5) is 19.4. The smallest absolute Gasteiger partial charge is 0.271 e. The largest absolute Gasteiger partial charge is 0.368 e. The fourth-order valence-corrected chi connectivity index (χ4v) is 4.91. The number of hydrogen-bond acceptors (Lipinski definition) is 6. The summed E-state index contributed by atoms with van der Waals surface area (Å²) >= 11 is 12.5. The van der Waals surface area contributed by atoms with Gasteiger partial charge in [-0.15, -0.1) is 0 Å². The van der Waals surface area contributed by atoms with Crippen LogP contribution in [0.2, 0.25) is 10.0 Å². The van der Waals surface area contributed by atoms with E-state index in [2.05, 4.69) is 33.2 Å². The number of rotatable bonds is 4. The maximum absolute atomic E-state index is 14.0. The molecule has 0 aliphatic carbocycles. The van der Waals surface area contributed by atoms with Gasteiger partial charge < -0.3 is 20.0 Å². The second kappa shape index (κ2) is 9.64. The van der Waals surface area contributed by atoms with Crippen molar-refractivity contribution >= 4 is 34.8 Å². The summed E-state index contributed by atoms with van der Waals surface area (Å²) in [6.45, 7) is 4.47. The molecule has 5 rings (SSSR count). The van der Waals surface area contributed by atoms with Gasteiger partial charge >= 0.3 is 0 Å². The molecule has 10 heteroatoms. The Hall–Kier alpha value is -3.10. The van der Waals surface area contributed by atoms with Crippen molar-refractivity contribution in [1.82, 2.24) is 26.0 Å². The van der Waals surface area contributed by atoms with Crippen LogP contribution < -0.4 is 21.1 Å². The zero-order chi connectivity index (χ0) is 23.7. The lowest BCUT2D eigenvalue weighted by atomic mass is 10.1. The maximum Gasteiger partial charge on any atom is 0.271 e. The minimum atomic E-state index is -0.505. The summed E-state index contributed by atoms with van der Waals surface area (Å²) in [6.07, 6.45) is 1.82. The minimum Gasteiger partial charge on any atom is -0.368 e. The molecule has 1 amide bonds. The fourth-order valence-electron chi connectivity index (χ4n) is 4.42. The van der Waals surface area contributed by atoms with Crippen LogP contribution in [0.3, 0.4) is 0 Å². The van der Waals surface area contributed by atoms with Gasteiger partial charge in [0.2, 0.25) is 0 Å². The van der Waals surface area contributed by atoms with Gasteiger partial charge in [0.1, 0.15) is 17.3 Å². The molecule has 0 aromatic heterocycles. The van der Waals surface area contributed by atoms with Crippen molar-refractivity contribution in [3.63, 3.8) is 0 Å². The van der Waals surface area contributed by atoms with Gasteiger partial charge in [-0.05, 0) is 30.3 Å². The van der Waals surface area contributed by atoms with E-state index in [0.717, 1.165) is 24.6 Å². The van der Waals surface area contributed by atoms with Gasteiger partial charge in [-0.2, -0.15) is 0 Å². The summed E-state index contributed by atoms with van der Waals surface area (Å²) in [5.41, 5.74) is 9.06. The van der Waals surface area contributed by atoms with Crippen molar-refractivity contribution in [2.24, 2.45) is 0 Å². The molecule has 1 saturated heterocycles. The number of allylic oxidation sites excluding steroid dienone is 1. The number of carbonyl (C=O) groups is 1. The van der Waals surface area contributed by atoms with Crippen molar-refractivity contribution in [2.75, 3.05) is 44.2 Å². The third-order valence-corrected chi connectivity index (χ3v) is 7.05. The molecule has 0 radical (unpaired) electrons. The number of benzene rings is 2. The van der Waals surface area contributed by atoms with Crippen LogP contribution in [-0.2, 0) is 11.3 Å². The van der Waals surface area contributed by atoms with E-state index in [1.54, 1.807) is 0 Å². The highest BCUT2D eigenvalue weighted by atomic mass is 35.5. The van der Waals surface area contributed by atoms with E-state index in [4.69, 9.17) is 23.2 Å². The minimum absolute atomic E-state index is 0.0200. The predicted octanol–water partition coefficient (Wildman–Crippen LogP) is 3.05. The fraction of sp³-hybridized carbons (Fsp3) is 0.292. The van der Waals surface area contributed by atoms with E-state index in [0.29, 0.717) is 49.0 Å². The molecule has 2 aromatic carbocycles. The quantitative estimate of drug-likeness (QED) is 0.558. The van der Waals surface area contributed by atoms with Crippen LogP contribution >= 0.6 is 23.2 Å². The van der Waals surface area contributed by atoms with E-state index < -0.39 is 5.82 Å². The molecule has 2 aromatic rings. The molecule has 3 aliphatic rings. The molecule has 0 atom stereocenters. The van der Waals surface area contributed by atoms with E-state index in [1.807, 2.05) is 34.1 Å². The second-order valence-corrected chi connectivity index (χ2v) is 9.14. The Morgan fingerprint density at radius 3 is 2.50 bits per heavy atom. The Labute approximate surface area is 207 Å². The van der Waals surface area contributed by atoms with Crippen molar-refractivity contribution in [1.29, 1.82) is 0 Å². The standard InChI is InChI=1S/C24H25Cl2FN6O/c25-18-6-7-19(27)22(26)17(18)15-33-9-8-28-23-21(33)14-20(29-30-23)24(34)32-12-10-31(11-13-32)16-4-2-1-3-5-16/h1-7,14,28-30H,8-13,15H2. The lowest BCUT2D eigenvalue weighted by Crippen LogP contribution is -2.54. The van der Waals surface area contributed by atoms with Crippen LogP contribution in [0.5, 0.6) is 0 Å². The van der Waals surface area contributed by atoms with E-state index in [1.165, 1.54) is 17.8 Å². The first kappa shape index (κ1) is 22.7. The molecular formula is C24H25Cl2FN6O. The maximum atomic E-state index is 14.0. The Bertz CT molecular complexity index is 1150. The number of nitrogens with zero attached hydrogens (tertiary/aromatic N) is 3. The number of carbonyl (C=O) groups excluding carboxylic acids is 1. The van der Waals surface area contributed by atoms with Crippen molar-refractivity contribution < 1.29 is 9.18 Å².